The number of anilines is 2. The standard InChI is InChI=1S/C26H26N2O8S/c1-6-36-25(31)15-7-10-17(11-8-15)27-23(30)21-14(2)20(26(32)35-5)24(37-21)28-22(29)16-9-12-18(33-3)19(13-16)34-4/h7-13H,6H2,1-5H3,(H,27,30)(H,28,29). The summed E-state index contributed by atoms with van der Waals surface area (Å²) in [4.78, 5) is 50.6. The molecule has 0 fully saturated rings. The molecule has 37 heavy (non-hydrogen) atoms. The molecule has 2 amide bonds. The highest BCUT2D eigenvalue weighted by Gasteiger charge is 2.27. The Balaban J connectivity index is 1.87. The minimum absolute atomic E-state index is 0.0733. The van der Waals surface area contributed by atoms with Gasteiger partial charge in [-0.15, -0.1) is 11.3 Å². The van der Waals surface area contributed by atoms with Gasteiger partial charge in [-0.1, -0.05) is 0 Å². The highest BCUT2D eigenvalue weighted by atomic mass is 32.1. The van der Waals surface area contributed by atoms with Gasteiger partial charge >= 0.3 is 11.9 Å². The summed E-state index contributed by atoms with van der Waals surface area (Å²) in [6.45, 7) is 3.55. The Hall–Kier alpha value is -4.38. The van der Waals surface area contributed by atoms with Crippen LogP contribution in [-0.2, 0) is 9.47 Å². The molecular formula is C26H26N2O8S. The van der Waals surface area contributed by atoms with Crippen LogP contribution in [0.5, 0.6) is 11.5 Å². The van der Waals surface area contributed by atoms with Crippen molar-refractivity contribution in [3.05, 3.63) is 69.6 Å². The van der Waals surface area contributed by atoms with Gasteiger partial charge < -0.3 is 29.6 Å². The van der Waals surface area contributed by atoms with E-state index in [1.165, 1.54) is 39.5 Å². The summed E-state index contributed by atoms with van der Waals surface area (Å²) in [5.41, 5.74) is 1.46. The summed E-state index contributed by atoms with van der Waals surface area (Å²) >= 11 is 0.938. The van der Waals surface area contributed by atoms with E-state index < -0.39 is 23.8 Å². The van der Waals surface area contributed by atoms with Crippen molar-refractivity contribution in [2.24, 2.45) is 0 Å². The van der Waals surface area contributed by atoms with Crippen molar-refractivity contribution in [3.63, 3.8) is 0 Å². The van der Waals surface area contributed by atoms with Gasteiger partial charge in [0.2, 0.25) is 0 Å². The summed E-state index contributed by atoms with van der Waals surface area (Å²) in [6.07, 6.45) is 0. The van der Waals surface area contributed by atoms with Crippen LogP contribution in [0.2, 0.25) is 0 Å². The average molecular weight is 527 g/mol. The molecular weight excluding hydrogens is 500 g/mol. The molecule has 0 saturated heterocycles. The molecule has 0 saturated carbocycles. The maximum atomic E-state index is 13.1. The predicted molar refractivity (Wildman–Crippen MR) is 138 cm³/mol. The molecule has 0 bridgehead atoms. The number of methoxy groups -OCH3 is 3. The molecule has 3 aromatic rings. The van der Waals surface area contributed by atoms with Crippen LogP contribution in [0.15, 0.2) is 42.5 Å². The lowest BCUT2D eigenvalue weighted by atomic mass is 10.1. The van der Waals surface area contributed by atoms with Crippen LogP contribution < -0.4 is 20.1 Å². The van der Waals surface area contributed by atoms with Crippen molar-refractivity contribution < 1.29 is 38.1 Å². The molecule has 1 aromatic heterocycles. The monoisotopic (exact) mass is 526 g/mol. The van der Waals surface area contributed by atoms with E-state index in [2.05, 4.69) is 10.6 Å². The number of nitrogens with one attached hydrogen (secondary N) is 2. The zero-order valence-corrected chi connectivity index (χ0v) is 21.7. The number of ether oxygens (including phenoxy) is 4. The second-order valence-electron chi connectivity index (χ2n) is 7.53. The Morgan fingerprint density at radius 1 is 0.811 bits per heavy atom. The molecule has 0 aliphatic carbocycles. The number of hydrogen-bond acceptors (Lipinski definition) is 9. The van der Waals surface area contributed by atoms with Gasteiger partial charge in [0.25, 0.3) is 11.8 Å². The Morgan fingerprint density at radius 2 is 1.46 bits per heavy atom. The smallest absolute Gasteiger partial charge is 0.341 e. The number of carbonyl (C=O) groups excluding carboxylic acids is 4. The summed E-state index contributed by atoms with van der Waals surface area (Å²) in [5, 5.41) is 5.58. The molecule has 0 atom stereocenters. The van der Waals surface area contributed by atoms with E-state index in [-0.39, 0.29) is 27.6 Å². The van der Waals surface area contributed by atoms with Gasteiger partial charge in [-0.05, 0) is 61.9 Å². The van der Waals surface area contributed by atoms with Gasteiger partial charge in [0.05, 0.1) is 43.9 Å². The number of thiophene rings is 1. The van der Waals surface area contributed by atoms with E-state index in [1.807, 2.05) is 0 Å². The van der Waals surface area contributed by atoms with Crippen molar-refractivity contribution in [2.75, 3.05) is 38.6 Å². The lowest BCUT2D eigenvalue weighted by Crippen LogP contribution is -2.14. The third kappa shape index (κ3) is 6.07. The number of rotatable bonds is 9. The van der Waals surface area contributed by atoms with Gasteiger partial charge in [0.1, 0.15) is 5.00 Å². The first kappa shape index (κ1) is 27.2. The normalized spacial score (nSPS) is 10.3. The highest BCUT2D eigenvalue weighted by Crippen LogP contribution is 2.35. The fraction of sp³-hybridized carbons (Fsp3) is 0.231. The predicted octanol–water partition coefficient (Wildman–Crippen LogP) is 4.54. The number of carbonyl (C=O) groups is 4. The quantitative estimate of drug-likeness (QED) is 0.389. The van der Waals surface area contributed by atoms with Gasteiger partial charge in [-0.25, -0.2) is 9.59 Å². The van der Waals surface area contributed by atoms with Gasteiger partial charge in [0, 0.05) is 11.3 Å². The van der Waals surface area contributed by atoms with Crippen LogP contribution in [0, 0.1) is 6.92 Å². The van der Waals surface area contributed by atoms with E-state index in [0.29, 0.717) is 28.3 Å². The Bertz CT molecular complexity index is 1330. The molecule has 2 N–H and O–H groups in total. The zero-order chi connectivity index (χ0) is 27.1. The van der Waals surface area contributed by atoms with E-state index in [1.54, 1.807) is 38.1 Å². The van der Waals surface area contributed by atoms with E-state index >= 15 is 0 Å². The number of amides is 2. The van der Waals surface area contributed by atoms with Crippen LogP contribution in [-0.4, -0.2) is 51.7 Å². The lowest BCUT2D eigenvalue weighted by Gasteiger charge is -2.10. The first-order chi connectivity index (χ1) is 17.7. The van der Waals surface area contributed by atoms with Gasteiger partial charge in [-0.2, -0.15) is 0 Å². The molecule has 3 rings (SSSR count). The molecule has 0 aliphatic heterocycles. The fourth-order valence-corrected chi connectivity index (χ4v) is 4.50. The van der Waals surface area contributed by atoms with E-state index in [0.717, 1.165) is 11.3 Å². The largest absolute Gasteiger partial charge is 0.493 e. The second-order valence-corrected chi connectivity index (χ2v) is 8.55. The van der Waals surface area contributed by atoms with Crippen LogP contribution in [0.4, 0.5) is 10.7 Å². The number of hydrogen-bond donors (Lipinski definition) is 2. The second kappa shape index (κ2) is 12.0. The van der Waals surface area contributed by atoms with Crippen molar-refractivity contribution >= 4 is 45.8 Å². The molecule has 1 heterocycles. The molecule has 2 aromatic carbocycles. The topological polar surface area (TPSA) is 129 Å². The lowest BCUT2D eigenvalue weighted by molar-refractivity contribution is 0.0525. The van der Waals surface area contributed by atoms with Crippen molar-refractivity contribution in [1.29, 1.82) is 0 Å². The van der Waals surface area contributed by atoms with Gasteiger partial charge in [-0.3, -0.25) is 9.59 Å². The first-order valence-corrected chi connectivity index (χ1v) is 11.9. The Labute approximate surface area is 217 Å². The van der Waals surface area contributed by atoms with E-state index in [4.69, 9.17) is 18.9 Å². The number of benzene rings is 2. The minimum atomic E-state index is -0.700. The molecule has 0 unspecified atom stereocenters. The SMILES string of the molecule is CCOC(=O)c1ccc(NC(=O)c2sc(NC(=O)c3ccc(OC)c(OC)c3)c(C(=O)OC)c2C)cc1. The molecule has 10 nitrogen and oxygen atoms in total. The van der Waals surface area contributed by atoms with E-state index in [9.17, 15) is 19.2 Å². The zero-order valence-electron chi connectivity index (χ0n) is 20.9. The van der Waals surface area contributed by atoms with Crippen LogP contribution in [0.3, 0.4) is 0 Å². The molecule has 0 aliphatic rings. The fourth-order valence-electron chi connectivity index (χ4n) is 3.41. The van der Waals surface area contributed by atoms with Crippen molar-refractivity contribution in [2.45, 2.75) is 13.8 Å². The number of esters is 2. The van der Waals surface area contributed by atoms with Gasteiger partial charge in [0.15, 0.2) is 11.5 Å². The van der Waals surface area contributed by atoms with Crippen LogP contribution in [0.25, 0.3) is 0 Å². The minimum Gasteiger partial charge on any atom is -0.493 e. The molecule has 0 spiro atoms. The van der Waals surface area contributed by atoms with Crippen LogP contribution >= 0.6 is 11.3 Å². The summed E-state index contributed by atoms with van der Waals surface area (Å²) in [7, 11) is 4.15. The maximum Gasteiger partial charge on any atom is 0.341 e. The third-order valence-electron chi connectivity index (χ3n) is 5.27. The first-order valence-electron chi connectivity index (χ1n) is 11.1. The van der Waals surface area contributed by atoms with Crippen molar-refractivity contribution in [1.82, 2.24) is 0 Å². The Kier molecular flexibility index (Phi) is 8.86. The molecule has 11 heteroatoms. The average Bonchev–Trinajstić information content (AvgIpc) is 3.23. The summed E-state index contributed by atoms with van der Waals surface area (Å²) < 4.78 is 20.3. The summed E-state index contributed by atoms with van der Waals surface area (Å²) in [5.74, 6) is -1.37. The maximum absolute atomic E-state index is 13.1. The van der Waals surface area contributed by atoms with Crippen molar-refractivity contribution in [3.8, 4) is 11.5 Å². The Morgan fingerprint density at radius 3 is 2.05 bits per heavy atom. The third-order valence-corrected chi connectivity index (χ3v) is 6.48. The molecule has 0 radical (unpaired) electrons. The van der Waals surface area contributed by atoms with Crippen LogP contribution in [0.1, 0.15) is 53.2 Å². The summed E-state index contributed by atoms with van der Waals surface area (Å²) in [6, 6.07) is 10.8. The molecule has 194 valence electrons. The highest BCUT2D eigenvalue weighted by molar-refractivity contribution is 7.19.